The Hall–Kier alpha value is -1.25. The number of carbonyl (C=O) groups excluding carboxylic acids is 1. The fourth-order valence-electron chi connectivity index (χ4n) is 1.42. The maximum absolute atomic E-state index is 12.5. The first-order valence-corrected chi connectivity index (χ1v) is 6.60. The monoisotopic (exact) mass is 294 g/mol. The number of hydrogen-bond donors (Lipinski definition) is 1. The van der Waals surface area contributed by atoms with Crippen LogP contribution in [0.3, 0.4) is 0 Å². The van der Waals surface area contributed by atoms with Gasteiger partial charge in [0.2, 0.25) is 11.7 Å². The second-order valence-corrected chi connectivity index (χ2v) is 5.71. The van der Waals surface area contributed by atoms with Gasteiger partial charge in [0.05, 0.1) is 5.25 Å². The molecule has 0 unspecified atom stereocenters. The molecule has 0 bridgehead atoms. The van der Waals surface area contributed by atoms with Gasteiger partial charge in [-0.05, 0) is 19.8 Å². The number of aromatic nitrogens is 3. The molecular formula is C10H13F3N4OS. The van der Waals surface area contributed by atoms with E-state index < -0.39 is 17.3 Å². The lowest BCUT2D eigenvalue weighted by Crippen LogP contribution is -2.32. The molecule has 9 heteroatoms. The van der Waals surface area contributed by atoms with Crippen LogP contribution in [0.25, 0.3) is 0 Å². The Bertz CT molecular complexity index is 484. The molecule has 1 amide bonds. The summed E-state index contributed by atoms with van der Waals surface area (Å²) >= 11 is 0.962. The zero-order valence-corrected chi connectivity index (χ0v) is 11.2. The zero-order valence-electron chi connectivity index (χ0n) is 10.4. The fourth-order valence-corrected chi connectivity index (χ4v) is 2.25. The van der Waals surface area contributed by atoms with Crippen molar-refractivity contribution >= 4 is 17.7 Å². The quantitative estimate of drug-likeness (QED) is 0.857. The van der Waals surface area contributed by atoms with Gasteiger partial charge in [0.15, 0.2) is 5.16 Å². The van der Waals surface area contributed by atoms with Crippen LogP contribution in [0.5, 0.6) is 0 Å². The Labute approximate surface area is 112 Å². The third kappa shape index (κ3) is 3.40. The lowest BCUT2D eigenvalue weighted by atomic mass is 10.4. The summed E-state index contributed by atoms with van der Waals surface area (Å²) in [5.41, 5.74) is 0. The standard InChI is InChI=1S/C10H13F3N4OS/c1-5(7(18)14-6-3-4-6)19-9-16-15-8(17(9)2)10(11,12)13/h5-6H,3-4H2,1-2H3,(H,14,18)/t5-/m0/s1. The SMILES string of the molecule is C[C@H](Sc1nnc(C(F)(F)F)n1C)C(=O)NC1CC1. The molecule has 1 aliphatic carbocycles. The molecule has 0 aromatic carbocycles. The van der Waals surface area contributed by atoms with Gasteiger partial charge in [0, 0.05) is 13.1 Å². The molecule has 1 aliphatic rings. The van der Waals surface area contributed by atoms with Crippen molar-refractivity contribution < 1.29 is 18.0 Å². The first-order chi connectivity index (χ1) is 8.79. The van der Waals surface area contributed by atoms with Gasteiger partial charge in [0.25, 0.3) is 0 Å². The van der Waals surface area contributed by atoms with Gasteiger partial charge in [-0.3, -0.25) is 4.79 Å². The second-order valence-electron chi connectivity index (χ2n) is 4.41. The van der Waals surface area contributed by atoms with Crippen LogP contribution in [0.4, 0.5) is 13.2 Å². The lowest BCUT2D eigenvalue weighted by molar-refractivity contribution is -0.147. The van der Waals surface area contributed by atoms with Crippen molar-refractivity contribution in [1.82, 2.24) is 20.1 Å². The van der Waals surface area contributed by atoms with Gasteiger partial charge in [-0.25, -0.2) is 0 Å². The van der Waals surface area contributed by atoms with E-state index in [9.17, 15) is 18.0 Å². The minimum absolute atomic E-state index is 0.0748. The van der Waals surface area contributed by atoms with E-state index in [0.717, 1.165) is 29.2 Å². The Morgan fingerprint density at radius 3 is 2.58 bits per heavy atom. The molecule has 0 aliphatic heterocycles. The molecule has 19 heavy (non-hydrogen) atoms. The van der Waals surface area contributed by atoms with Crippen LogP contribution in [-0.4, -0.2) is 32.0 Å². The maximum Gasteiger partial charge on any atom is 0.451 e. The van der Waals surface area contributed by atoms with Gasteiger partial charge in [-0.1, -0.05) is 11.8 Å². The molecule has 1 atom stereocenters. The van der Waals surface area contributed by atoms with E-state index in [1.54, 1.807) is 6.92 Å². The van der Waals surface area contributed by atoms with E-state index in [4.69, 9.17) is 0 Å². The van der Waals surface area contributed by atoms with Crippen molar-refractivity contribution in [2.75, 3.05) is 0 Å². The molecule has 2 rings (SSSR count). The average molecular weight is 294 g/mol. The lowest BCUT2D eigenvalue weighted by Gasteiger charge is -2.11. The van der Waals surface area contributed by atoms with Crippen LogP contribution in [0.2, 0.25) is 0 Å². The Morgan fingerprint density at radius 1 is 1.47 bits per heavy atom. The Kier molecular flexibility index (Phi) is 3.75. The third-order valence-electron chi connectivity index (χ3n) is 2.66. The van der Waals surface area contributed by atoms with E-state index >= 15 is 0 Å². The van der Waals surface area contributed by atoms with Crippen molar-refractivity contribution in [2.24, 2.45) is 7.05 Å². The molecular weight excluding hydrogens is 281 g/mol. The number of thioether (sulfide) groups is 1. The summed E-state index contributed by atoms with van der Waals surface area (Å²) in [4.78, 5) is 11.7. The Balaban J connectivity index is 2.02. The molecule has 5 nitrogen and oxygen atoms in total. The number of nitrogens with one attached hydrogen (secondary N) is 1. The van der Waals surface area contributed by atoms with E-state index in [2.05, 4.69) is 15.5 Å². The van der Waals surface area contributed by atoms with E-state index in [1.165, 1.54) is 7.05 Å². The summed E-state index contributed by atoms with van der Waals surface area (Å²) in [5, 5.41) is 8.94. The number of amides is 1. The number of halogens is 3. The number of hydrogen-bond acceptors (Lipinski definition) is 4. The molecule has 1 fully saturated rings. The number of carbonyl (C=O) groups is 1. The van der Waals surface area contributed by atoms with Crippen LogP contribution in [0.15, 0.2) is 5.16 Å². The zero-order chi connectivity index (χ0) is 14.2. The Morgan fingerprint density at radius 2 is 2.11 bits per heavy atom. The number of rotatable bonds is 4. The molecule has 1 aromatic heterocycles. The summed E-state index contributed by atoms with van der Waals surface area (Å²) in [6.07, 6.45) is -2.61. The summed E-state index contributed by atoms with van der Waals surface area (Å²) in [6.45, 7) is 1.63. The van der Waals surface area contributed by atoms with E-state index in [0.29, 0.717) is 0 Å². The van der Waals surface area contributed by atoms with Crippen molar-refractivity contribution in [1.29, 1.82) is 0 Å². The van der Waals surface area contributed by atoms with Crippen LogP contribution < -0.4 is 5.32 Å². The van der Waals surface area contributed by atoms with Gasteiger partial charge < -0.3 is 9.88 Å². The minimum Gasteiger partial charge on any atom is -0.352 e. The third-order valence-corrected chi connectivity index (χ3v) is 3.80. The van der Waals surface area contributed by atoms with Gasteiger partial charge in [-0.2, -0.15) is 13.2 Å². The molecule has 1 N–H and O–H groups in total. The van der Waals surface area contributed by atoms with E-state index in [1.807, 2.05) is 0 Å². The molecule has 106 valence electrons. The highest BCUT2D eigenvalue weighted by Gasteiger charge is 2.38. The van der Waals surface area contributed by atoms with Crippen molar-refractivity contribution in [3.63, 3.8) is 0 Å². The van der Waals surface area contributed by atoms with Crippen LogP contribution in [0, 0.1) is 0 Å². The highest BCUT2D eigenvalue weighted by molar-refractivity contribution is 8.00. The highest BCUT2D eigenvalue weighted by Crippen LogP contribution is 2.31. The molecule has 0 saturated heterocycles. The molecule has 1 heterocycles. The second kappa shape index (κ2) is 5.03. The number of nitrogens with zero attached hydrogens (tertiary/aromatic N) is 3. The van der Waals surface area contributed by atoms with Gasteiger partial charge in [-0.15, -0.1) is 10.2 Å². The molecule has 1 aromatic rings. The predicted molar refractivity (Wildman–Crippen MR) is 62.5 cm³/mol. The summed E-state index contributed by atoms with van der Waals surface area (Å²) in [5.74, 6) is -1.26. The first-order valence-electron chi connectivity index (χ1n) is 5.72. The topological polar surface area (TPSA) is 59.8 Å². The fraction of sp³-hybridized carbons (Fsp3) is 0.700. The smallest absolute Gasteiger partial charge is 0.352 e. The van der Waals surface area contributed by atoms with Crippen LogP contribution in [0.1, 0.15) is 25.6 Å². The van der Waals surface area contributed by atoms with Crippen molar-refractivity contribution in [3.8, 4) is 0 Å². The molecule has 0 radical (unpaired) electrons. The summed E-state index contributed by atoms with van der Waals surface area (Å²) < 4.78 is 38.4. The van der Waals surface area contributed by atoms with E-state index in [-0.39, 0.29) is 17.1 Å². The van der Waals surface area contributed by atoms with Crippen LogP contribution in [-0.2, 0) is 18.0 Å². The summed E-state index contributed by atoms with van der Waals surface area (Å²) in [7, 11) is 1.23. The largest absolute Gasteiger partial charge is 0.451 e. The predicted octanol–water partition coefficient (Wildman–Crippen LogP) is 1.59. The average Bonchev–Trinajstić information content (AvgIpc) is 3.02. The first kappa shape index (κ1) is 14.2. The summed E-state index contributed by atoms with van der Waals surface area (Å²) in [6, 6.07) is 0.223. The highest BCUT2D eigenvalue weighted by atomic mass is 32.2. The van der Waals surface area contributed by atoms with Gasteiger partial charge >= 0.3 is 6.18 Å². The van der Waals surface area contributed by atoms with Crippen molar-refractivity contribution in [2.45, 2.75) is 42.4 Å². The molecule has 0 spiro atoms. The van der Waals surface area contributed by atoms with Gasteiger partial charge in [0.1, 0.15) is 0 Å². The molecule has 1 saturated carbocycles. The normalized spacial score (nSPS) is 17.3. The minimum atomic E-state index is -4.54. The van der Waals surface area contributed by atoms with Crippen LogP contribution >= 0.6 is 11.8 Å². The number of alkyl halides is 3. The maximum atomic E-state index is 12.5. The van der Waals surface area contributed by atoms with Crippen molar-refractivity contribution in [3.05, 3.63) is 5.82 Å².